The van der Waals surface area contributed by atoms with Crippen LogP contribution in [-0.2, 0) is 9.59 Å². The highest BCUT2D eigenvalue weighted by atomic mass is 35.5. The average molecular weight is 381 g/mol. The Balaban J connectivity index is 1.97. The van der Waals surface area contributed by atoms with Gasteiger partial charge in [-0.25, -0.2) is 0 Å². The van der Waals surface area contributed by atoms with Gasteiger partial charge in [-0.3, -0.25) is 9.59 Å². The molecular formula is C18H18Cl2N2O3. The van der Waals surface area contributed by atoms with E-state index in [1.54, 1.807) is 36.4 Å². The Labute approximate surface area is 156 Å². The van der Waals surface area contributed by atoms with E-state index >= 15 is 0 Å². The molecule has 2 aromatic rings. The van der Waals surface area contributed by atoms with Crippen LogP contribution >= 0.6 is 23.2 Å². The van der Waals surface area contributed by atoms with Crippen molar-refractivity contribution in [1.29, 1.82) is 0 Å². The summed E-state index contributed by atoms with van der Waals surface area (Å²) in [4.78, 5) is 23.9. The molecule has 2 rings (SSSR count). The zero-order valence-electron chi connectivity index (χ0n) is 13.6. The summed E-state index contributed by atoms with van der Waals surface area (Å²) in [5.74, 6) is -0.109. The van der Waals surface area contributed by atoms with Crippen LogP contribution in [0, 0.1) is 0 Å². The van der Waals surface area contributed by atoms with E-state index in [4.69, 9.17) is 27.9 Å². The Morgan fingerprint density at radius 2 is 1.64 bits per heavy atom. The number of para-hydroxylation sites is 2. The van der Waals surface area contributed by atoms with Gasteiger partial charge in [0.2, 0.25) is 5.91 Å². The summed E-state index contributed by atoms with van der Waals surface area (Å²) in [5, 5.41) is 6.30. The van der Waals surface area contributed by atoms with Crippen molar-refractivity contribution in [3.63, 3.8) is 0 Å². The fourth-order valence-electron chi connectivity index (χ4n) is 2.06. The molecule has 0 aliphatic heterocycles. The van der Waals surface area contributed by atoms with Crippen LogP contribution in [0.1, 0.15) is 19.8 Å². The number of benzene rings is 2. The minimum atomic E-state index is -0.372. The standard InChI is InChI=1S/C18H18Cl2N2O3/c1-2-5-17(23)21-14-6-3-4-7-15(14)22-18(24)11-25-16-9-8-12(19)10-13(16)20/h3-4,6-10H,2,5,11H2,1H3,(H,21,23)(H,22,24). The Bertz CT molecular complexity index is 766. The van der Waals surface area contributed by atoms with E-state index in [1.807, 2.05) is 6.92 Å². The lowest BCUT2D eigenvalue weighted by Crippen LogP contribution is -2.21. The minimum Gasteiger partial charge on any atom is -0.482 e. The van der Waals surface area contributed by atoms with Crippen LogP contribution in [0.4, 0.5) is 11.4 Å². The van der Waals surface area contributed by atoms with Crippen molar-refractivity contribution in [2.24, 2.45) is 0 Å². The van der Waals surface area contributed by atoms with Crippen LogP contribution in [-0.4, -0.2) is 18.4 Å². The summed E-state index contributed by atoms with van der Waals surface area (Å²) in [6.07, 6.45) is 1.16. The molecule has 25 heavy (non-hydrogen) atoms. The van der Waals surface area contributed by atoms with E-state index in [-0.39, 0.29) is 18.4 Å². The van der Waals surface area contributed by atoms with Gasteiger partial charge in [0.1, 0.15) is 5.75 Å². The third kappa shape index (κ3) is 5.96. The number of amides is 2. The van der Waals surface area contributed by atoms with Crippen molar-refractivity contribution in [3.05, 3.63) is 52.5 Å². The first-order chi connectivity index (χ1) is 12.0. The molecule has 2 amide bonds. The minimum absolute atomic E-state index is 0.103. The first kappa shape index (κ1) is 19.1. The molecule has 0 saturated carbocycles. The molecule has 0 aliphatic carbocycles. The summed E-state index contributed by atoms with van der Waals surface area (Å²) < 4.78 is 5.40. The number of halogens is 2. The molecule has 0 bridgehead atoms. The first-order valence-corrected chi connectivity index (χ1v) is 8.51. The molecule has 132 valence electrons. The van der Waals surface area contributed by atoms with Crippen LogP contribution in [0.2, 0.25) is 10.0 Å². The highest BCUT2D eigenvalue weighted by molar-refractivity contribution is 6.35. The predicted molar refractivity (Wildman–Crippen MR) is 101 cm³/mol. The van der Waals surface area contributed by atoms with Crippen molar-refractivity contribution in [1.82, 2.24) is 0 Å². The van der Waals surface area contributed by atoms with Crippen molar-refractivity contribution >= 4 is 46.4 Å². The predicted octanol–water partition coefficient (Wildman–Crippen LogP) is 4.75. The molecule has 0 radical (unpaired) electrons. The molecule has 0 heterocycles. The Kier molecular flexibility index (Phi) is 7.10. The topological polar surface area (TPSA) is 67.4 Å². The van der Waals surface area contributed by atoms with Crippen molar-refractivity contribution in [2.45, 2.75) is 19.8 Å². The monoisotopic (exact) mass is 380 g/mol. The van der Waals surface area contributed by atoms with Crippen molar-refractivity contribution in [3.8, 4) is 5.75 Å². The number of rotatable bonds is 7. The molecule has 0 aliphatic rings. The largest absolute Gasteiger partial charge is 0.482 e. The van der Waals surface area contributed by atoms with E-state index in [0.717, 1.165) is 6.42 Å². The van der Waals surface area contributed by atoms with E-state index in [1.165, 1.54) is 6.07 Å². The molecule has 0 spiro atoms. The summed E-state index contributed by atoms with van der Waals surface area (Å²) in [6, 6.07) is 11.7. The Morgan fingerprint density at radius 1 is 1.00 bits per heavy atom. The zero-order chi connectivity index (χ0) is 18.2. The van der Waals surface area contributed by atoms with Gasteiger partial charge in [0.25, 0.3) is 5.91 Å². The number of carbonyl (C=O) groups excluding carboxylic acids is 2. The van der Waals surface area contributed by atoms with Crippen LogP contribution < -0.4 is 15.4 Å². The Hall–Kier alpha value is -2.24. The second kappa shape index (κ2) is 9.30. The van der Waals surface area contributed by atoms with Gasteiger partial charge in [-0.1, -0.05) is 42.3 Å². The fraction of sp³-hybridized carbons (Fsp3) is 0.222. The van der Waals surface area contributed by atoms with Gasteiger partial charge in [0.05, 0.1) is 16.4 Å². The van der Waals surface area contributed by atoms with Gasteiger partial charge in [0, 0.05) is 11.4 Å². The fourth-order valence-corrected chi connectivity index (χ4v) is 2.53. The molecular weight excluding hydrogens is 363 g/mol. The Morgan fingerprint density at radius 3 is 2.24 bits per heavy atom. The quantitative estimate of drug-likeness (QED) is 0.727. The number of ether oxygens (including phenoxy) is 1. The van der Waals surface area contributed by atoms with Gasteiger partial charge in [-0.2, -0.15) is 0 Å². The number of carbonyl (C=O) groups is 2. The molecule has 5 nitrogen and oxygen atoms in total. The lowest BCUT2D eigenvalue weighted by atomic mass is 10.2. The van der Waals surface area contributed by atoms with E-state index in [9.17, 15) is 9.59 Å². The SMILES string of the molecule is CCCC(=O)Nc1ccccc1NC(=O)COc1ccc(Cl)cc1Cl. The average Bonchev–Trinajstić information content (AvgIpc) is 2.56. The number of hydrogen-bond donors (Lipinski definition) is 2. The third-order valence-electron chi connectivity index (χ3n) is 3.20. The first-order valence-electron chi connectivity index (χ1n) is 7.76. The molecule has 0 aromatic heterocycles. The van der Waals surface area contributed by atoms with Crippen LogP contribution in [0.25, 0.3) is 0 Å². The van der Waals surface area contributed by atoms with Crippen LogP contribution in [0.3, 0.4) is 0 Å². The number of nitrogens with one attached hydrogen (secondary N) is 2. The van der Waals surface area contributed by atoms with Crippen LogP contribution in [0.5, 0.6) is 5.75 Å². The molecule has 7 heteroatoms. The van der Waals surface area contributed by atoms with Gasteiger partial charge >= 0.3 is 0 Å². The maximum atomic E-state index is 12.1. The third-order valence-corrected chi connectivity index (χ3v) is 3.74. The highest BCUT2D eigenvalue weighted by Crippen LogP contribution is 2.27. The maximum Gasteiger partial charge on any atom is 0.262 e. The van der Waals surface area contributed by atoms with E-state index < -0.39 is 0 Å². The lowest BCUT2D eigenvalue weighted by Gasteiger charge is -2.13. The lowest BCUT2D eigenvalue weighted by molar-refractivity contribution is -0.118. The molecule has 2 N–H and O–H groups in total. The molecule has 2 aromatic carbocycles. The molecule has 0 saturated heterocycles. The van der Waals surface area contributed by atoms with E-state index in [2.05, 4.69) is 10.6 Å². The second-order valence-electron chi connectivity index (χ2n) is 5.26. The number of hydrogen-bond acceptors (Lipinski definition) is 3. The normalized spacial score (nSPS) is 10.2. The molecule has 0 atom stereocenters. The van der Waals surface area contributed by atoms with Gasteiger partial charge in [0.15, 0.2) is 6.61 Å². The molecule has 0 unspecified atom stereocenters. The van der Waals surface area contributed by atoms with Gasteiger partial charge in [-0.15, -0.1) is 0 Å². The molecule has 0 fully saturated rings. The second-order valence-corrected chi connectivity index (χ2v) is 6.10. The summed E-state index contributed by atoms with van der Waals surface area (Å²) in [7, 11) is 0. The maximum absolute atomic E-state index is 12.1. The smallest absolute Gasteiger partial charge is 0.262 e. The van der Waals surface area contributed by atoms with Gasteiger partial charge < -0.3 is 15.4 Å². The van der Waals surface area contributed by atoms with Crippen LogP contribution in [0.15, 0.2) is 42.5 Å². The zero-order valence-corrected chi connectivity index (χ0v) is 15.2. The van der Waals surface area contributed by atoms with Crippen molar-refractivity contribution < 1.29 is 14.3 Å². The summed E-state index contributed by atoms with van der Waals surface area (Å²) in [5.41, 5.74) is 1.04. The summed E-state index contributed by atoms with van der Waals surface area (Å²) >= 11 is 11.8. The van der Waals surface area contributed by atoms with E-state index in [0.29, 0.717) is 33.6 Å². The van der Waals surface area contributed by atoms with Gasteiger partial charge in [-0.05, 0) is 36.8 Å². The number of anilines is 2. The summed E-state index contributed by atoms with van der Waals surface area (Å²) in [6.45, 7) is 1.70. The van der Waals surface area contributed by atoms with Crippen molar-refractivity contribution in [2.75, 3.05) is 17.2 Å². The highest BCUT2D eigenvalue weighted by Gasteiger charge is 2.10.